The van der Waals surface area contributed by atoms with Crippen LogP contribution in [0.5, 0.6) is 11.5 Å². The minimum absolute atomic E-state index is 0. The van der Waals surface area contributed by atoms with E-state index in [-0.39, 0.29) is 17.0 Å². The number of hydrogen-bond donors (Lipinski definition) is 0. The molecule has 4 aromatic rings. The van der Waals surface area contributed by atoms with Crippen molar-refractivity contribution in [2.24, 2.45) is 4.99 Å². The summed E-state index contributed by atoms with van der Waals surface area (Å²) < 4.78 is 10.7. The highest BCUT2D eigenvalue weighted by molar-refractivity contribution is 8.93. The van der Waals surface area contributed by atoms with E-state index >= 15 is 0 Å². The van der Waals surface area contributed by atoms with Crippen LogP contribution in [0, 0.1) is 0 Å². The number of rotatable bonds is 9. The molecule has 4 rings (SSSR count). The van der Waals surface area contributed by atoms with Crippen LogP contribution in [0.25, 0.3) is 0 Å². The van der Waals surface area contributed by atoms with E-state index in [9.17, 15) is 0 Å². The smallest absolute Gasteiger partial charge is 0.165 e. The molecule has 0 atom stereocenters. The van der Waals surface area contributed by atoms with E-state index in [0.29, 0.717) is 28.8 Å². The highest BCUT2D eigenvalue weighted by Gasteiger charge is 2.16. The summed E-state index contributed by atoms with van der Waals surface area (Å²) in [5.74, 6) is 2.41. The maximum Gasteiger partial charge on any atom is 0.165 e. The third-order valence-electron chi connectivity index (χ3n) is 5.67. The average molecular weight is 632 g/mol. The van der Waals surface area contributed by atoms with Gasteiger partial charge in [-0.05, 0) is 59.2 Å². The topological polar surface area (TPSA) is 34.1 Å². The summed E-state index contributed by atoms with van der Waals surface area (Å²) >= 11 is 14.5. The van der Waals surface area contributed by atoms with Crippen molar-refractivity contribution < 1.29 is 9.47 Å². The number of thioether (sulfide) groups is 1. The fourth-order valence-corrected chi connectivity index (χ4v) is 4.97. The largest absolute Gasteiger partial charge is 0.497 e. The molecule has 38 heavy (non-hydrogen) atoms. The Morgan fingerprint density at radius 2 is 1.29 bits per heavy atom. The average Bonchev–Trinajstić information content (AvgIpc) is 2.94. The molecule has 0 saturated heterocycles. The molecule has 0 amide bonds. The first-order valence-electron chi connectivity index (χ1n) is 11.8. The summed E-state index contributed by atoms with van der Waals surface area (Å²) in [6, 6.07) is 31.9. The number of methoxy groups -OCH3 is 2. The summed E-state index contributed by atoms with van der Waals surface area (Å²) in [6.45, 7) is 1.30. The van der Waals surface area contributed by atoms with Gasteiger partial charge >= 0.3 is 0 Å². The highest BCUT2D eigenvalue weighted by Crippen LogP contribution is 2.31. The number of amidine groups is 1. The molecule has 0 aromatic heterocycles. The minimum atomic E-state index is 0. The maximum atomic E-state index is 6.53. The van der Waals surface area contributed by atoms with E-state index in [0.717, 1.165) is 33.5 Å². The van der Waals surface area contributed by atoms with Gasteiger partial charge in [0.2, 0.25) is 0 Å². The Kier molecular flexibility index (Phi) is 11.9. The van der Waals surface area contributed by atoms with Gasteiger partial charge in [0.05, 0.1) is 24.9 Å². The second kappa shape index (κ2) is 15.1. The third kappa shape index (κ3) is 8.70. The van der Waals surface area contributed by atoms with Gasteiger partial charge in [0.25, 0.3) is 0 Å². The fourth-order valence-electron chi connectivity index (χ4n) is 3.68. The van der Waals surface area contributed by atoms with Crippen LogP contribution in [0.1, 0.15) is 16.7 Å². The zero-order chi connectivity index (χ0) is 26.0. The van der Waals surface area contributed by atoms with Crippen molar-refractivity contribution in [3.05, 3.63) is 124 Å². The van der Waals surface area contributed by atoms with Gasteiger partial charge in [-0.2, -0.15) is 0 Å². The van der Waals surface area contributed by atoms with E-state index in [1.54, 1.807) is 44.2 Å². The van der Waals surface area contributed by atoms with Crippen molar-refractivity contribution in [3.63, 3.8) is 0 Å². The summed E-state index contributed by atoms with van der Waals surface area (Å²) in [5, 5.41) is 1.99. The normalized spacial score (nSPS) is 11.0. The van der Waals surface area contributed by atoms with Crippen LogP contribution in [0.4, 0.5) is 5.69 Å². The lowest BCUT2D eigenvalue weighted by Crippen LogP contribution is -2.28. The van der Waals surface area contributed by atoms with Crippen molar-refractivity contribution in [3.8, 4) is 11.5 Å². The highest BCUT2D eigenvalue weighted by atomic mass is 79.9. The predicted octanol–water partition coefficient (Wildman–Crippen LogP) is 9.21. The minimum Gasteiger partial charge on any atom is -0.497 e. The number of aliphatic imine (C=N–C) groups is 1. The molecule has 0 fully saturated rings. The standard InChI is InChI=1S/C30H28Cl2N2O2S.BrH/c1-35-26-13-8-22(9-14-26)19-34(20-23-10-15-27(36-2)16-11-23)30(37-21-24-6-4-3-5-7-24)33-29-18-25(31)12-17-28(29)32;/h3-18H,19-21H2,1-2H3;1H. The molecule has 0 radical (unpaired) electrons. The number of ether oxygens (including phenoxy) is 2. The van der Waals surface area contributed by atoms with Crippen molar-refractivity contribution in [2.45, 2.75) is 18.8 Å². The zero-order valence-corrected chi connectivity index (χ0v) is 25.2. The van der Waals surface area contributed by atoms with E-state index < -0.39 is 0 Å². The van der Waals surface area contributed by atoms with Gasteiger partial charge in [-0.1, -0.05) is 89.6 Å². The van der Waals surface area contributed by atoms with Crippen LogP contribution in [0.2, 0.25) is 10.0 Å². The number of nitrogens with zero attached hydrogens (tertiary/aromatic N) is 2. The SMILES string of the molecule is Br.COc1ccc(CN(Cc2ccc(OC)cc2)C(=Nc2cc(Cl)ccc2Cl)SCc2ccccc2)cc1. The Labute approximate surface area is 249 Å². The summed E-state index contributed by atoms with van der Waals surface area (Å²) in [4.78, 5) is 7.29. The van der Waals surface area contributed by atoms with Crippen LogP contribution in [0.15, 0.2) is 102 Å². The molecule has 0 aliphatic carbocycles. The summed E-state index contributed by atoms with van der Waals surface area (Å²) in [7, 11) is 3.34. The molecular weight excluding hydrogens is 603 g/mol. The number of benzene rings is 4. The van der Waals surface area contributed by atoms with Crippen molar-refractivity contribution in [1.82, 2.24) is 4.90 Å². The second-order valence-corrected chi connectivity index (χ2v) is 10.1. The first kappa shape index (κ1) is 29.9. The Morgan fingerprint density at radius 3 is 1.82 bits per heavy atom. The molecule has 198 valence electrons. The lowest BCUT2D eigenvalue weighted by molar-refractivity contribution is 0.405. The lowest BCUT2D eigenvalue weighted by atomic mass is 10.1. The Morgan fingerprint density at radius 1 is 0.737 bits per heavy atom. The molecular formula is C30H29BrCl2N2O2S. The molecule has 0 aliphatic rings. The second-order valence-electron chi connectivity index (χ2n) is 8.32. The quantitative estimate of drug-likeness (QED) is 0.136. The van der Waals surface area contributed by atoms with Crippen molar-refractivity contribution >= 4 is 62.8 Å². The summed E-state index contributed by atoms with van der Waals surface area (Å²) in [5.41, 5.74) is 4.13. The van der Waals surface area contributed by atoms with E-state index in [1.807, 2.05) is 42.5 Å². The van der Waals surface area contributed by atoms with Crippen LogP contribution >= 0.6 is 51.9 Å². The van der Waals surface area contributed by atoms with Gasteiger partial charge in [0.1, 0.15) is 11.5 Å². The van der Waals surface area contributed by atoms with E-state index in [4.69, 9.17) is 37.7 Å². The predicted molar refractivity (Wildman–Crippen MR) is 167 cm³/mol. The van der Waals surface area contributed by atoms with Gasteiger partial charge in [-0.25, -0.2) is 4.99 Å². The summed E-state index contributed by atoms with van der Waals surface area (Å²) in [6.07, 6.45) is 0. The lowest BCUT2D eigenvalue weighted by Gasteiger charge is -2.26. The van der Waals surface area contributed by atoms with E-state index in [1.165, 1.54) is 5.56 Å². The van der Waals surface area contributed by atoms with Gasteiger partial charge in [0, 0.05) is 23.9 Å². The third-order valence-corrected chi connectivity index (χ3v) is 7.31. The van der Waals surface area contributed by atoms with Gasteiger partial charge < -0.3 is 14.4 Å². The van der Waals surface area contributed by atoms with Crippen molar-refractivity contribution in [1.29, 1.82) is 0 Å². The first-order valence-corrected chi connectivity index (χ1v) is 13.5. The Hall–Kier alpha value is -2.64. The molecule has 0 N–H and O–H groups in total. The van der Waals surface area contributed by atoms with Crippen LogP contribution in [-0.4, -0.2) is 24.3 Å². The molecule has 0 saturated carbocycles. The van der Waals surface area contributed by atoms with Gasteiger partial charge in [-0.15, -0.1) is 17.0 Å². The van der Waals surface area contributed by atoms with Crippen LogP contribution < -0.4 is 9.47 Å². The van der Waals surface area contributed by atoms with E-state index in [2.05, 4.69) is 41.3 Å². The molecule has 8 heteroatoms. The molecule has 4 aromatic carbocycles. The zero-order valence-electron chi connectivity index (χ0n) is 21.1. The molecule has 0 bridgehead atoms. The van der Waals surface area contributed by atoms with Crippen LogP contribution in [-0.2, 0) is 18.8 Å². The van der Waals surface area contributed by atoms with Gasteiger partial charge in [0.15, 0.2) is 5.17 Å². The Balaban J connectivity index is 0.00000400. The maximum absolute atomic E-state index is 6.53. The molecule has 0 spiro atoms. The van der Waals surface area contributed by atoms with Crippen molar-refractivity contribution in [2.75, 3.05) is 14.2 Å². The first-order chi connectivity index (χ1) is 18.0. The molecule has 4 nitrogen and oxygen atoms in total. The molecule has 0 heterocycles. The van der Waals surface area contributed by atoms with Gasteiger partial charge in [-0.3, -0.25) is 0 Å². The molecule has 0 aliphatic heterocycles. The number of halogens is 3. The number of hydrogen-bond acceptors (Lipinski definition) is 4. The Bertz CT molecular complexity index is 1270. The van der Waals surface area contributed by atoms with Crippen LogP contribution in [0.3, 0.4) is 0 Å². The molecule has 0 unspecified atom stereocenters. The fraction of sp³-hybridized carbons (Fsp3) is 0.167. The monoisotopic (exact) mass is 630 g/mol.